The van der Waals surface area contributed by atoms with Crippen LogP contribution >= 0.6 is 15.9 Å². The fourth-order valence-electron chi connectivity index (χ4n) is 2.02. The second-order valence-electron chi connectivity index (χ2n) is 4.52. The number of hydrogen-bond acceptors (Lipinski definition) is 2. The van der Waals surface area contributed by atoms with Crippen molar-refractivity contribution in [1.29, 1.82) is 0 Å². The molecule has 0 saturated heterocycles. The van der Waals surface area contributed by atoms with Gasteiger partial charge in [0.2, 0.25) is 0 Å². The molecule has 0 saturated carbocycles. The van der Waals surface area contributed by atoms with Crippen LogP contribution in [0.1, 0.15) is 27.0 Å². The van der Waals surface area contributed by atoms with Crippen LogP contribution in [0.15, 0.2) is 40.9 Å². The zero-order chi connectivity index (χ0) is 13.8. The second kappa shape index (κ2) is 6.02. The molecule has 0 atom stereocenters. The van der Waals surface area contributed by atoms with Gasteiger partial charge in [0, 0.05) is 10.0 Å². The van der Waals surface area contributed by atoms with Gasteiger partial charge in [-0.3, -0.25) is 4.79 Å². The fraction of sp³-hybridized carbons (Fsp3) is 0.188. The first kappa shape index (κ1) is 13.8. The highest BCUT2D eigenvalue weighted by atomic mass is 79.9. The Bertz CT molecular complexity index is 565. The highest BCUT2D eigenvalue weighted by Crippen LogP contribution is 2.25. The molecule has 0 aromatic heterocycles. The van der Waals surface area contributed by atoms with Gasteiger partial charge in [0.25, 0.3) is 0 Å². The molecule has 2 aromatic carbocycles. The number of carbonyl (C=O) groups excluding carboxylic acids is 1. The summed E-state index contributed by atoms with van der Waals surface area (Å²) in [6, 6.07) is 11.7. The molecule has 0 radical (unpaired) electrons. The van der Waals surface area contributed by atoms with E-state index in [0.717, 1.165) is 33.2 Å². The molecule has 0 spiro atoms. The first-order valence-electron chi connectivity index (χ1n) is 6.04. The lowest BCUT2D eigenvalue weighted by Crippen LogP contribution is -2.00. The molecule has 0 heterocycles. The third-order valence-electron chi connectivity index (χ3n) is 2.92. The molecule has 0 aliphatic heterocycles. The summed E-state index contributed by atoms with van der Waals surface area (Å²) in [5.41, 5.74) is 3.77. The topological polar surface area (TPSA) is 26.3 Å². The third kappa shape index (κ3) is 3.44. The number of halogens is 1. The molecule has 0 aliphatic rings. The Kier molecular flexibility index (Phi) is 4.38. The summed E-state index contributed by atoms with van der Waals surface area (Å²) in [5, 5.41) is 0. The number of hydrogen-bond donors (Lipinski definition) is 0. The molecule has 2 rings (SSSR count). The summed E-state index contributed by atoms with van der Waals surface area (Å²) >= 11 is 3.41. The average molecular weight is 319 g/mol. The zero-order valence-electron chi connectivity index (χ0n) is 10.9. The Hall–Kier alpha value is -1.61. The largest absolute Gasteiger partial charge is 0.488 e. The van der Waals surface area contributed by atoms with Gasteiger partial charge in [-0.15, -0.1) is 0 Å². The summed E-state index contributed by atoms with van der Waals surface area (Å²) in [7, 11) is 0. The first-order valence-corrected chi connectivity index (χ1v) is 6.83. The quantitative estimate of drug-likeness (QED) is 0.778. The number of aldehydes is 1. The van der Waals surface area contributed by atoms with Crippen molar-refractivity contribution in [3.8, 4) is 5.75 Å². The lowest BCUT2D eigenvalue weighted by molar-refractivity contribution is 0.112. The number of aryl methyl sites for hydroxylation is 2. The number of ether oxygens (including phenoxy) is 1. The van der Waals surface area contributed by atoms with Gasteiger partial charge < -0.3 is 4.74 Å². The van der Waals surface area contributed by atoms with Crippen LogP contribution in [0.3, 0.4) is 0 Å². The molecule has 2 aromatic rings. The van der Waals surface area contributed by atoms with E-state index < -0.39 is 0 Å². The van der Waals surface area contributed by atoms with E-state index in [1.165, 1.54) is 0 Å². The monoisotopic (exact) mass is 318 g/mol. The maximum Gasteiger partial charge on any atom is 0.150 e. The van der Waals surface area contributed by atoms with Gasteiger partial charge in [-0.1, -0.05) is 28.1 Å². The lowest BCUT2D eigenvalue weighted by Gasteiger charge is -2.13. The van der Waals surface area contributed by atoms with Crippen molar-refractivity contribution in [2.75, 3.05) is 0 Å². The van der Waals surface area contributed by atoms with Crippen LogP contribution in [0.2, 0.25) is 0 Å². The smallest absolute Gasteiger partial charge is 0.150 e. The molecule has 0 amide bonds. The number of carbonyl (C=O) groups is 1. The van der Waals surface area contributed by atoms with Crippen molar-refractivity contribution in [2.45, 2.75) is 20.5 Å². The minimum atomic E-state index is 0.523. The van der Waals surface area contributed by atoms with Crippen LogP contribution < -0.4 is 4.74 Å². The molecule has 0 bridgehead atoms. The molecule has 0 N–H and O–H groups in total. The Balaban J connectivity index is 2.15. The van der Waals surface area contributed by atoms with Crippen molar-refractivity contribution in [3.63, 3.8) is 0 Å². The van der Waals surface area contributed by atoms with Gasteiger partial charge in [0.15, 0.2) is 0 Å². The van der Waals surface area contributed by atoms with Crippen molar-refractivity contribution < 1.29 is 9.53 Å². The Labute approximate surface area is 121 Å². The summed E-state index contributed by atoms with van der Waals surface area (Å²) < 4.78 is 6.92. The lowest BCUT2D eigenvalue weighted by atomic mass is 10.1. The van der Waals surface area contributed by atoms with Crippen molar-refractivity contribution in [2.24, 2.45) is 0 Å². The van der Waals surface area contributed by atoms with Gasteiger partial charge in [-0.2, -0.15) is 0 Å². The Morgan fingerprint density at radius 2 is 1.68 bits per heavy atom. The molecule has 0 fully saturated rings. The van der Waals surface area contributed by atoms with Crippen LogP contribution in [0.4, 0.5) is 0 Å². The molecular formula is C16H15BrO2. The second-order valence-corrected chi connectivity index (χ2v) is 5.43. The molecule has 3 heteroatoms. The average Bonchev–Trinajstić information content (AvgIpc) is 2.39. The van der Waals surface area contributed by atoms with Crippen molar-refractivity contribution >= 4 is 22.2 Å². The number of benzene rings is 2. The zero-order valence-corrected chi connectivity index (χ0v) is 12.5. The van der Waals surface area contributed by atoms with Crippen molar-refractivity contribution in [1.82, 2.24) is 0 Å². The van der Waals surface area contributed by atoms with E-state index in [4.69, 9.17) is 4.74 Å². The van der Waals surface area contributed by atoms with E-state index >= 15 is 0 Å². The highest BCUT2D eigenvalue weighted by Gasteiger charge is 2.06. The fourth-order valence-corrected chi connectivity index (χ4v) is 2.28. The number of rotatable bonds is 4. The molecule has 0 unspecified atom stereocenters. The predicted molar refractivity (Wildman–Crippen MR) is 79.8 cm³/mol. The third-order valence-corrected chi connectivity index (χ3v) is 3.44. The van der Waals surface area contributed by atoms with E-state index in [1.54, 1.807) is 0 Å². The molecule has 19 heavy (non-hydrogen) atoms. The van der Waals surface area contributed by atoms with E-state index in [1.807, 2.05) is 50.2 Å². The minimum absolute atomic E-state index is 0.523. The predicted octanol–water partition coefficient (Wildman–Crippen LogP) is 4.46. The van der Waals surface area contributed by atoms with Crippen LogP contribution in [0.25, 0.3) is 0 Å². The van der Waals surface area contributed by atoms with E-state index in [9.17, 15) is 4.79 Å². The van der Waals surface area contributed by atoms with Crippen LogP contribution in [-0.2, 0) is 6.61 Å². The minimum Gasteiger partial charge on any atom is -0.488 e. The summed E-state index contributed by atoms with van der Waals surface area (Å²) in [6.07, 6.45) is 0.860. The summed E-state index contributed by atoms with van der Waals surface area (Å²) in [4.78, 5) is 10.8. The van der Waals surface area contributed by atoms with Gasteiger partial charge >= 0.3 is 0 Å². The van der Waals surface area contributed by atoms with Gasteiger partial charge in [0.1, 0.15) is 18.6 Å². The van der Waals surface area contributed by atoms with E-state index in [2.05, 4.69) is 15.9 Å². The van der Waals surface area contributed by atoms with Gasteiger partial charge in [-0.25, -0.2) is 0 Å². The summed E-state index contributed by atoms with van der Waals surface area (Å²) in [6.45, 7) is 4.43. The standard InChI is InChI=1S/C16H15BrO2/c1-11-7-14(9-18)8-12(2)16(11)19-10-13-3-5-15(17)6-4-13/h3-9H,10H2,1-2H3. The van der Waals surface area contributed by atoms with E-state index in [0.29, 0.717) is 12.2 Å². The SMILES string of the molecule is Cc1cc(C=O)cc(C)c1OCc1ccc(Br)cc1. The molecular weight excluding hydrogens is 304 g/mol. The maximum absolute atomic E-state index is 10.8. The van der Waals surface area contributed by atoms with Crippen LogP contribution in [0, 0.1) is 13.8 Å². The molecule has 98 valence electrons. The highest BCUT2D eigenvalue weighted by molar-refractivity contribution is 9.10. The van der Waals surface area contributed by atoms with Gasteiger partial charge in [0.05, 0.1) is 0 Å². The van der Waals surface area contributed by atoms with Gasteiger partial charge in [-0.05, 0) is 54.8 Å². The van der Waals surface area contributed by atoms with Crippen LogP contribution in [-0.4, -0.2) is 6.29 Å². The first-order chi connectivity index (χ1) is 9.10. The Morgan fingerprint density at radius 1 is 1.11 bits per heavy atom. The summed E-state index contributed by atoms with van der Waals surface area (Å²) in [5.74, 6) is 0.855. The van der Waals surface area contributed by atoms with Crippen molar-refractivity contribution in [3.05, 3.63) is 63.1 Å². The maximum atomic E-state index is 10.8. The van der Waals surface area contributed by atoms with Crippen LogP contribution in [0.5, 0.6) is 5.75 Å². The molecule has 2 nitrogen and oxygen atoms in total. The van der Waals surface area contributed by atoms with E-state index in [-0.39, 0.29) is 0 Å². The normalized spacial score (nSPS) is 10.3. The Morgan fingerprint density at radius 3 is 2.21 bits per heavy atom. The molecule has 0 aliphatic carbocycles.